The number of hydrogen-bond donors (Lipinski definition) is 2. The van der Waals surface area contributed by atoms with Crippen LogP contribution in [0.3, 0.4) is 0 Å². The van der Waals surface area contributed by atoms with E-state index in [4.69, 9.17) is 16.3 Å². The van der Waals surface area contributed by atoms with Crippen LogP contribution >= 0.6 is 11.6 Å². The number of aryl methyl sites for hydroxylation is 1. The zero-order valence-electron chi connectivity index (χ0n) is 14.1. The molecule has 25 heavy (non-hydrogen) atoms. The molecule has 0 aliphatic carbocycles. The predicted octanol–water partition coefficient (Wildman–Crippen LogP) is 3.40. The van der Waals surface area contributed by atoms with E-state index < -0.39 is 12.0 Å². The summed E-state index contributed by atoms with van der Waals surface area (Å²) in [6.07, 6.45) is 0.985. The Labute approximate surface area is 151 Å². The van der Waals surface area contributed by atoms with Crippen molar-refractivity contribution in [1.29, 1.82) is 0 Å². The molecule has 0 radical (unpaired) electrons. The number of amides is 1. The van der Waals surface area contributed by atoms with E-state index in [1.165, 1.54) is 13.2 Å². The number of aliphatic carboxylic acids is 1. The fourth-order valence-electron chi connectivity index (χ4n) is 2.51. The van der Waals surface area contributed by atoms with E-state index in [-0.39, 0.29) is 17.4 Å². The van der Waals surface area contributed by atoms with Crippen molar-refractivity contribution in [2.24, 2.45) is 0 Å². The molecule has 0 heterocycles. The molecule has 1 unspecified atom stereocenters. The van der Waals surface area contributed by atoms with E-state index in [1.807, 2.05) is 31.2 Å². The lowest BCUT2D eigenvalue weighted by atomic mass is 10.0. The maximum absolute atomic E-state index is 12.3. The van der Waals surface area contributed by atoms with Gasteiger partial charge in [-0.15, -0.1) is 0 Å². The largest absolute Gasteiger partial charge is 0.495 e. The molecule has 2 rings (SSSR count). The molecule has 0 fully saturated rings. The first-order chi connectivity index (χ1) is 11.9. The minimum absolute atomic E-state index is 0.113. The maximum Gasteiger partial charge on any atom is 0.330 e. The van der Waals surface area contributed by atoms with Gasteiger partial charge in [-0.3, -0.25) is 4.79 Å². The number of carbonyl (C=O) groups is 2. The lowest BCUT2D eigenvalue weighted by Gasteiger charge is -2.16. The van der Waals surface area contributed by atoms with Gasteiger partial charge in [-0.05, 0) is 35.2 Å². The van der Waals surface area contributed by atoms with E-state index in [2.05, 4.69) is 5.32 Å². The quantitative estimate of drug-likeness (QED) is 0.792. The molecule has 0 spiro atoms. The summed E-state index contributed by atoms with van der Waals surface area (Å²) < 4.78 is 5.06. The SMILES string of the molecule is CCc1cccc(CC(=O)NC(C(=O)O)c2ccc(OC)c(Cl)c2)c1. The van der Waals surface area contributed by atoms with Crippen LogP contribution in [-0.2, 0) is 22.4 Å². The highest BCUT2D eigenvalue weighted by Gasteiger charge is 2.23. The van der Waals surface area contributed by atoms with Gasteiger partial charge < -0.3 is 15.2 Å². The van der Waals surface area contributed by atoms with Gasteiger partial charge in [0, 0.05) is 0 Å². The second-order valence-corrected chi connectivity index (χ2v) is 5.99. The molecule has 2 aromatic rings. The number of nitrogens with one attached hydrogen (secondary N) is 1. The van der Waals surface area contributed by atoms with Crippen LogP contribution in [0.25, 0.3) is 0 Å². The van der Waals surface area contributed by atoms with E-state index in [1.54, 1.807) is 12.1 Å². The van der Waals surface area contributed by atoms with Crippen molar-refractivity contribution >= 4 is 23.5 Å². The number of halogens is 1. The number of ether oxygens (including phenoxy) is 1. The molecule has 2 N–H and O–H groups in total. The Hall–Kier alpha value is -2.53. The number of hydrogen-bond acceptors (Lipinski definition) is 3. The standard InChI is InChI=1S/C19H20ClNO4/c1-3-12-5-4-6-13(9-12)10-17(22)21-18(19(23)24)14-7-8-16(25-2)15(20)11-14/h4-9,11,18H,3,10H2,1-2H3,(H,21,22)(H,23,24). The fourth-order valence-corrected chi connectivity index (χ4v) is 2.77. The third-order valence-electron chi connectivity index (χ3n) is 3.83. The normalized spacial score (nSPS) is 11.6. The van der Waals surface area contributed by atoms with E-state index in [9.17, 15) is 14.7 Å². The summed E-state index contributed by atoms with van der Waals surface area (Å²) in [5.41, 5.74) is 2.35. The Kier molecular flexibility index (Phi) is 6.42. The van der Waals surface area contributed by atoms with Gasteiger partial charge in [-0.1, -0.05) is 48.9 Å². The van der Waals surface area contributed by atoms with Crippen LogP contribution in [0.4, 0.5) is 0 Å². The van der Waals surface area contributed by atoms with Crippen LogP contribution in [0.1, 0.15) is 29.7 Å². The minimum Gasteiger partial charge on any atom is -0.495 e. The number of carboxylic acids is 1. The maximum atomic E-state index is 12.3. The van der Waals surface area contributed by atoms with Crippen molar-refractivity contribution in [3.63, 3.8) is 0 Å². The molecule has 1 atom stereocenters. The van der Waals surface area contributed by atoms with Crippen LogP contribution in [-0.4, -0.2) is 24.1 Å². The van der Waals surface area contributed by atoms with Crippen molar-refractivity contribution in [1.82, 2.24) is 5.32 Å². The lowest BCUT2D eigenvalue weighted by molar-refractivity contribution is -0.141. The van der Waals surface area contributed by atoms with Crippen LogP contribution < -0.4 is 10.1 Å². The van der Waals surface area contributed by atoms with Gasteiger partial charge in [0.05, 0.1) is 18.6 Å². The number of carbonyl (C=O) groups excluding carboxylic acids is 1. The topological polar surface area (TPSA) is 75.6 Å². The molecule has 0 aromatic heterocycles. The van der Waals surface area contributed by atoms with Gasteiger partial charge in [-0.2, -0.15) is 0 Å². The second kappa shape index (κ2) is 8.53. The van der Waals surface area contributed by atoms with Crippen molar-refractivity contribution in [2.45, 2.75) is 25.8 Å². The number of methoxy groups -OCH3 is 1. The molecule has 0 saturated carbocycles. The van der Waals surface area contributed by atoms with Crippen LogP contribution in [0.2, 0.25) is 5.02 Å². The van der Waals surface area contributed by atoms with Crippen molar-refractivity contribution < 1.29 is 19.4 Å². The number of rotatable bonds is 7. The Morgan fingerprint density at radius 3 is 2.52 bits per heavy atom. The average molecular weight is 362 g/mol. The van der Waals surface area contributed by atoms with Gasteiger partial charge in [0.25, 0.3) is 0 Å². The van der Waals surface area contributed by atoms with Gasteiger partial charge in [0.1, 0.15) is 5.75 Å². The van der Waals surface area contributed by atoms with Crippen molar-refractivity contribution in [3.05, 3.63) is 64.2 Å². The Morgan fingerprint density at radius 1 is 1.20 bits per heavy atom. The summed E-state index contributed by atoms with van der Waals surface area (Å²) in [5.74, 6) is -1.08. The number of benzene rings is 2. The molecule has 0 aliphatic heterocycles. The highest BCUT2D eigenvalue weighted by molar-refractivity contribution is 6.32. The van der Waals surface area contributed by atoms with Crippen molar-refractivity contribution in [3.8, 4) is 5.75 Å². The fraction of sp³-hybridized carbons (Fsp3) is 0.263. The lowest BCUT2D eigenvalue weighted by Crippen LogP contribution is -2.34. The number of carboxylic acid groups (broad SMARTS) is 1. The Balaban J connectivity index is 2.14. The zero-order valence-corrected chi connectivity index (χ0v) is 14.8. The Bertz CT molecular complexity index is 776. The summed E-state index contributed by atoms with van der Waals surface area (Å²) in [6, 6.07) is 11.1. The highest BCUT2D eigenvalue weighted by Crippen LogP contribution is 2.27. The third kappa shape index (κ3) is 4.97. The molecule has 0 aliphatic rings. The molecular formula is C19H20ClNO4. The molecule has 0 bridgehead atoms. The van der Waals surface area contributed by atoms with Crippen LogP contribution in [0, 0.1) is 0 Å². The molecule has 6 heteroatoms. The molecule has 132 valence electrons. The summed E-state index contributed by atoms with van der Waals surface area (Å²) in [4.78, 5) is 23.8. The highest BCUT2D eigenvalue weighted by atomic mass is 35.5. The predicted molar refractivity (Wildman–Crippen MR) is 96.0 cm³/mol. The summed E-state index contributed by atoms with van der Waals surface area (Å²) >= 11 is 6.05. The van der Waals surface area contributed by atoms with Crippen LogP contribution in [0.5, 0.6) is 5.75 Å². The van der Waals surface area contributed by atoms with E-state index >= 15 is 0 Å². The zero-order chi connectivity index (χ0) is 18.4. The molecule has 0 saturated heterocycles. The average Bonchev–Trinajstić information content (AvgIpc) is 2.59. The smallest absolute Gasteiger partial charge is 0.330 e. The third-order valence-corrected chi connectivity index (χ3v) is 4.12. The Morgan fingerprint density at radius 2 is 1.92 bits per heavy atom. The van der Waals surface area contributed by atoms with Crippen molar-refractivity contribution in [2.75, 3.05) is 7.11 Å². The molecule has 2 aromatic carbocycles. The second-order valence-electron chi connectivity index (χ2n) is 5.58. The summed E-state index contributed by atoms with van der Waals surface area (Å²) in [7, 11) is 1.47. The minimum atomic E-state index is -1.18. The summed E-state index contributed by atoms with van der Waals surface area (Å²) in [6.45, 7) is 2.03. The first-order valence-corrected chi connectivity index (χ1v) is 8.25. The first-order valence-electron chi connectivity index (χ1n) is 7.88. The molecule has 1 amide bonds. The van der Waals surface area contributed by atoms with Gasteiger partial charge in [0.15, 0.2) is 6.04 Å². The molecular weight excluding hydrogens is 342 g/mol. The summed E-state index contributed by atoms with van der Waals surface area (Å²) in [5, 5.41) is 12.3. The molecule has 5 nitrogen and oxygen atoms in total. The van der Waals surface area contributed by atoms with Gasteiger partial charge in [-0.25, -0.2) is 4.79 Å². The van der Waals surface area contributed by atoms with E-state index in [0.717, 1.165) is 17.5 Å². The van der Waals surface area contributed by atoms with Gasteiger partial charge in [0.2, 0.25) is 5.91 Å². The van der Waals surface area contributed by atoms with Gasteiger partial charge >= 0.3 is 5.97 Å². The monoisotopic (exact) mass is 361 g/mol. The van der Waals surface area contributed by atoms with E-state index in [0.29, 0.717) is 11.3 Å². The first kappa shape index (κ1) is 18.8. The van der Waals surface area contributed by atoms with Crippen LogP contribution in [0.15, 0.2) is 42.5 Å².